The predicted molar refractivity (Wildman–Crippen MR) is 68.3 cm³/mol. The van der Waals surface area contributed by atoms with Crippen LogP contribution in [0.2, 0.25) is 0 Å². The van der Waals surface area contributed by atoms with E-state index in [1.807, 2.05) is 31.2 Å². The maximum atomic E-state index is 11.3. The highest BCUT2D eigenvalue weighted by Crippen LogP contribution is 2.12. The van der Waals surface area contributed by atoms with Crippen LogP contribution in [0.4, 0.5) is 0 Å². The van der Waals surface area contributed by atoms with Gasteiger partial charge in [-0.05, 0) is 19.1 Å². The summed E-state index contributed by atoms with van der Waals surface area (Å²) in [5.74, 6) is 1.21. The Morgan fingerprint density at radius 1 is 1.33 bits per heavy atom. The molecule has 1 aromatic heterocycles. The van der Waals surface area contributed by atoms with Gasteiger partial charge >= 0.3 is 0 Å². The van der Waals surface area contributed by atoms with Crippen LogP contribution in [-0.4, -0.2) is 9.97 Å². The predicted octanol–water partition coefficient (Wildman–Crippen LogP) is 1.12. The van der Waals surface area contributed by atoms with Crippen molar-refractivity contribution >= 4 is 0 Å². The van der Waals surface area contributed by atoms with Crippen LogP contribution in [0.5, 0.6) is 5.75 Å². The molecule has 1 heterocycles. The van der Waals surface area contributed by atoms with Crippen molar-refractivity contribution in [2.24, 2.45) is 5.73 Å². The zero-order valence-corrected chi connectivity index (χ0v) is 10.1. The monoisotopic (exact) mass is 245 g/mol. The third-order valence-electron chi connectivity index (χ3n) is 2.45. The fourth-order valence-electron chi connectivity index (χ4n) is 1.52. The topological polar surface area (TPSA) is 81.0 Å². The second-order valence-corrected chi connectivity index (χ2v) is 3.99. The first-order valence-electron chi connectivity index (χ1n) is 5.66. The van der Waals surface area contributed by atoms with E-state index in [1.54, 1.807) is 0 Å². The van der Waals surface area contributed by atoms with E-state index in [2.05, 4.69) is 9.97 Å². The lowest BCUT2D eigenvalue weighted by molar-refractivity contribution is 0.295. The van der Waals surface area contributed by atoms with Crippen molar-refractivity contribution in [3.63, 3.8) is 0 Å². The summed E-state index contributed by atoms with van der Waals surface area (Å²) >= 11 is 0. The van der Waals surface area contributed by atoms with E-state index in [-0.39, 0.29) is 18.7 Å². The molecule has 0 fully saturated rings. The van der Waals surface area contributed by atoms with Gasteiger partial charge in [-0.2, -0.15) is 0 Å². The molecule has 0 amide bonds. The summed E-state index contributed by atoms with van der Waals surface area (Å²) in [6.07, 6.45) is 0. The van der Waals surface area contributed by atoms with Gasteiger partial charge in [0.15, 0.2) is 0 Å². The second-order valence-electron chi connectivity index (χ2n) is 3.99. The Morgan fingerprint density at radius 3 is 2.72 bits per heavy atom. The van der Waals surface area contributed by atoms with E-state index < -0.39 is 0 Å². The normalized spacial score (nSPS) is 10.3. The van der Waals surface area contributed by atoms with E-state index >= 15 is 0 Å². The lowest BCUT2D eigenvalue weighted by Gasteiger charge is -2.06. The molecule has 0 aliphatic carbocycles. The quantitative estimate of drug-likeness (QED) is 0.845. The van der Waals surface area contributed by atoms with Gasteiger partial charge < -0.3 is 15.5 Å². The average Bonchev–Trinajstić information content (AvgIpc) is 2.37. The number of nitrogens with zero attached hydrogens (tertiary/aromatic N) is 1. The SMILES string of the molecule is Cc1ccc(OCc2nc(CN)cc(=O)[nH]2)cc1. The van der Waals surface area contributed by atoms with Gasteiger partial charge in [-0.25, -0.2) is 4.98 Å². The molecule has 3 N–H and O–H groups in total. The molecule has 0 aliphatic rings. The number of aromatic nitrogens is 2. The maximum absolute atomic E-state index is 11.3. The molecule has 2 rings (SSSR count). The van der Waals surface area contributed by atoms with Crippen LogP contribution in [0, 0.1) is 6.92 Å². The number of benzene rings is 1. The highest BCUT2D eigenvalue weighted by atomic mass is 16.5. The van der Waals surface area contributed by atoms with Gasteiger partial charge in [-0.3, -0.25) is 4.79 Å². The molecule has 5 nitrogen and oxygen atoms in total. The number of ether oxygens (including phenoxy) is 1. The molecule has 0 saturated carbocycles. The Bertz CT molecular complexity index is 576. The Labute approximate surface area is 105 Å². The van der Waals surface area contributed by atoms with Crippen molar-refractivity contribution in [2.75, 3.05) is 0 Å². The molecule has 0 unspecified atom stereocenters. The summed E-state index contributed by atoms with van der Waals surface area (Å²) < 4.78 is 5.53. The fraction of sp³-hybridized carbons (Fsp3) is 0.231. The molecule has 5 heteroatoms. The lowest BCUT2D eigenvalue weighted by Crippen LogP contribution is -2.16. The van der Waals surface area contributed by atoms with Crippen molar-refractivity contribution in [3.05, 3.63) is 57.8 Å². The Hall–Kier alpha value is -2.14. The van der Waals surface area contributed by atoms with Crippen LogP contribution in [-0.2, 0) is 13.2 Å². The van der Waals surface area contributed by atoms with Crippen LogP contribution in [0.15, 0.2) is 35.1 Å². The first kappa shape index (κ1) is 12.3. The van der Waals surface area contributed by atoms with Gasteiger partial charge in [-0.15, -0.1) is 0 Å². The zero-order chi connectivity index (χ0) is 13.0. The molecule has 0 saturated heterocycles. The third-order valence-corrected chi connectivity index (χ3v) is 2.45. The minimum atomic E-state index is -0.215. The standard InChI is InChI=1S/C13H15N3O2/c1-9-2-4-11(5-3-9)18-8-12-15-10(7-14)6-13(17)16-12/h2-6H,7-8,14H2,1H3,(H,15,16,17). The molecule has 1 aromatic carbocycles. The minimum Gasteiger partial charge on any atom is -0.486 e. The van der Waals surface area contributed by atoms with Gasteiger partial charge in [0.2, 0.25) is 0 Å². The summed E-state index contributed by atoms with van der Waals surface area (Å²) in [7, 11) is 0. The van der Waals surface area contributed by atoms with Crippen LogP contribution >= 0.6 is 0 Å². The molecule has 0 radical (unpaired) electrons. The zero-order valence-electron chi connectivity index (χ0n) is 10.1. The summed E-state index contributed by atoms with van der Waals surface area (Å²) in [5, 5.41) is 0. The van der Waals surface area contributed by atoms with Crippen molar-refractivity contribution in [1.29, 1.82) is 0 Å². The summed E-state index contributed by atoms with van der Waals surface area (Å²) in [4.78, 5) is 18.1. The van der Waals surface area contributed by atoms with E-state index in [0.29, 0.717) is 11.5 Å². The fourth-order valence-corrected chi connectivity index (χ4v) is 1.52. The smallest absolute Gasteiger partial charge is 0.251 e. The first-order chi connectivity index (χ1) is 8.67. The third kappa shape index (κ3) is 3.18. The highest BCUT2D eigenvalue weighted by Gasteiger charge is 2.01. The van der Waals surface area contributed by atoms with E-state index in [4.69, 9.17) is 10.5 Å². The second kappa shape index (κ2) is 5.46. The first-order valence-corrected chi connectivity index (χ1v) is 5.66. The number of H-pyrrole nitrogens is 1. The number of aryl methyl sites for hydroxylation is 1. The maximum Gasteiger partial charge on any atom is 0.251 e. The largest absolute Gasteiger partial charge is 0.486 e. The summed E-state index contributed by atoms with van der Waals surface area (Å²) in [5.41, 5.74) is 6.96. The summed E-state index contributed by atoms with van der Waals surface area (Å²) in [6.45, 7) is 2.46. The van der Waals surface area contributed by atoms with Crippen LogP contribution in [0.1, 0.15) is 17.1 Å². The van der Waals surface area contributed by atoms with Gasteiger partial charge in [0.1, 0.15) is 18.2 Å². The van der Waals surface area contributed by atoms with Gasteiger partial charge in [0, 0.05) is 12.6 Å². The molecule has 0 spiro atoms. The Kier molecular flexibility index (Phi) is 3.74. The van der Waals surface area contributed by atoms with Gasteiger partial charge in [-0.1, -0.05) is 17.7 Å². The number of nitrogens with two attached hydrogens (primary N) is 1. The Morgan fingerprint density at radius 2 is 2.06 bits per heavy atom. The number of nitrogens with one attached hydrogen (secondary N) is 1. The van der Waals surface area contributed by atoms with Gasteiger partial charge in [0.25, 0.3) is 5.56 Å². The van der Waals surface area contributed by atoms with E-state index in [1.165, 1.54) is 11.6 Å². The van der Waals surface area contributed by atoms with E-state index in [9.17, 15) is 4.79 Å². The summed E-state index contributed by atoms with van der Waals surface area (Å²) in [6, 6.07) is 9.06. The Balaban J connectivity index is 2.08. The van der Waals surface area contributed by atoms with Crippen LogP contribution in [0.25, 0.3) is 0 Å². The molecule has 0 bridgehead atoms. The van der Waals surface area contributed by atoms with Gasteiger partial charge in [0.05, 0.1) is 5.69 Å². The average molecular weight is 245 g/mol. The molecular formula is C13H15N3O2. The van der Waals surface area contributed by atoms with Crippen LogP contribution in [0.3, 0.4) is 0 Å². The molecule has 0 atom stereocenters. The van der Waals surface area contributed by atoms with Crippen molar-refractivity contribution in [2.45, 2.75) is 20.1 Å². The van der Waals surface area contributed by atoms with Crippen molar-refractivity contribution in [3.8, 4) is 5.75 Å². The molecule has 2 aromatic rings. The van der Waals surface area contributed by atoms with Crippen LogP contribution < -0.4 is 16.0 Å². The number of aromatic amines is 1. The highest BCUT2D eigenvalue weighted by molar-refractivity contribution is 5.26. The molecule has 94 valence electrons. The minimum absolute atomic E-state index is 0.214. The molecular weight excluding hydrogens is 230 g/mol. The number of hydrogen-bond acceptors (Lipinski definition) is 4. The lowest BCUT2D eigenvalue weighted by atomic mass is 10.2. The van der Waals surface area contributed by atoms with E-state index in [0.717, 1.165) is 5.75 Å². The number of hydrogen-bond donors (Lipinski definition) is 2. The van der Waals surface area contributed by atoms with Crippen molar-refractivity contribution in [1.82, 2.24) is 9.97 Å². The molecule has 18 heavy (non-hydrogen) atoms. The molecule has 0 aliphatic heterocycles. The number of rotatable bonds is 4. The van der Waals surface area contributed by atoms with Crippen molar-refractivity contribution < 1.29 is 4.74 Å².